The Bertz CT molecular complexity index is 1150. The molecule has 1 unspecified atom stereocenters. The van der Waals surface area contributed by atoms with Crippen LogP contribution in [-0.2, 0) is 6.54 Å². The van der Waals surface area contributed by atoms with Crippen LogP contribution in [0.4, 0.5) is 0 Å². The number of H-pyrrole nitrogens is 1. The molecule has 0 fully saturated rings. The fraction of sp³-hybridized carbons (Fsp3) is 0.476. The highest BCUT2D eigenvalue weighted by atomic mass is 16.5. The van der Waals surface area contributed by atoms with Crippen LogP contribution in [0.25, 0.3) is 22.4 Å². The molecule has 29 heavy (non-hydrogen) atoms. The number of Topliss-reactive ketones (excluding diaryl/α,β-unsaturated/α-hetero) is 1. The average molecular weight is 395 g/mol. The first-order chi connectivity index (χ1) is 13.8. The molecule has 0 saturated carbocycles. The first-order valence-electron chi connectivity index (χ1n) is 10.00. The summed E-state index contributed by atoms with van der Waals surface area (Å²) in [5, 5.41) is 4.48. The molecule has 0 aliphatic carbocycles. The summed E-state index contributed by atoms with van der Waals surface area (Å²) in [4.78, 5) is 36.6. The topological polar surface area (TPSA) is 103 Å². The Labute approximate surface area is 168 Å². The van der Waals surface area contributed by atoms with Crippen LogP contribution >= 0.6 is 0 Å². The summed E-state index contributed by atoms with van der Waals surface area (Å²) < 4.78 is 7.74. The second kappa shape index (κ2) is 7.42. The van der Waals surface area contributed by atoms with Gasteiger partial charge in [0.15, 0.2) is 11.3 Å². The van der Waals surface area contributed by atoms with Gasteiger partial charge in [0.2, 0.25) is 5.88 Å². The van der Waals surface area contributed by atoms with Crippen molar-refractivity contribution in [2.24, 2.45) is 5.92 Å². The van der Waals surface area contributed by atoms with Crippen LogP contribution in [-0.4, -0.2) is 37.1 Å². The van der Waals surface area contributed by atoms with Crippen molar-refractivity contribution in [3.05, 3.63) is 33.9 Å². The predicted octanol–water partition coefficient (Wildman–Crippen LogP) is 3.32. The van der Waals surface area contributed by atoms with E-state index in [9.17, 15) is 9.59 Å². The minimum absolute atomic E-state index is 0.117. The SMILES string of the molecule is CC(=O)c1cnc(OCC(C)C)c(-c2nc3c4n(nc3c(=O)[nH]2)CCCC4C)c1. The van der Waals surface area contributed by atoms with E-state index in [4.69, 9.17) is 9.72 Å². The Balaban J connectivity index is 1.91. The number of aryl methyl sites for hydroxylation is 1. The zero-order chi connectivity index (χ0) is 20.7. The molecule has 8 heteroatoms. The Morgan fingerprint density at radius 2 is 2.17 bits per heavy atom. The minimum Gasteiger partial charge on any atom is -0.477 e. The van der Waals surface area contributed by atoms with Crippen LogP contribution in [0.5, 0.6) is 5.88 Å². The maximum atomic E-state index is 12.8. The fourth-order valence-electron chi connectivity index (χ4n) is 3.68. The molecule has 0 spiro atoms. The third kappa shape index (κ3) is 3.54. The first-order valence-corrected chi connectivity index (χ1v) is 10.00. The second-order valence-electron chi connectivity index (χ2n) is 8.10. The van der Waals surface area contributed by atoms with Crippen molar-refractivity contribution < 1.29 is 9.53 Å². The molecule has 1 aliphatic heterocycles. The number of pyridine rings is 1. The molecule has 0 radical (unpaired) electrons. The lowest BCUT2D eigenvalue weighted by Gasteiger charge is -2.19. The molecular weight excluding hydrogens is 370 g/mol. The molecule has 4 heterocycles. The maximum absolute atomic E-state index is 12.8. The quantitative estimate of drug-likeness (QED) is 0.665. The molecule has 1 aliphatic rings. The molecule has 3 aromatic heterocycles. The zero-order valence-corrected chi connectivity index (χ0v) is 17.2. The van der Waals surface area contributed by atoms with Crippen molar-refractivity contribution in [2.45, 2.75) is 53.0 Å². The normalized spacial score (nSPS) is 16.2. The minimum atomic E-state index is -0.304. The van der Waals surface area contributed by atoms with Gasteiger partial charge in [-0.15, -0.1) is 0 Å². The summed E-state index contributed by atoms with van der Waals surface area (Å²) in [7, 11) is 0. The van der Waals surface area contributed by atoms with Crippen LogP contribution < -0.4 is 10.3 Å². The Morgan fingerprint density at radius 3 is 2.90 bits per heavy atom. The van der Waals surface area contributed by atoms with E-state index in [0.29, 0.717) is 46.4 Å². The van der Waals surface area contributed by atoms with Crippen molar-refractivity contribution in [3.8, 4) is 17.3 Å². The van der Waals surface area contributed by atoms with Crippen molar-refractivity contribution in [3.63, 3.8) is 0 Å². The summed E-state index contributed by atoms with van der Waals surface area (Å²) in [5.41, 5.74) is 2.57. The zero-order valence-electron chi connectivity index (χ0n) is 17.2. The summed E-state index contributed by atoms with van der Waals surface area (Å²) in [6, 6.07) is 1.68. The van der Waals surface area contributed by atoms with Gasteiger partial charge in [-0.1, -0.05) is 20.8 Å². The van der Waals surface area contributed by atoms with Crippen LogP contribution in [0.15, 0.2) is 17.1 Å². The van der Waals surface area contributed by atoms with Crippen molar-refractivity contribution in [2.75, 3.05) is 6.61 Å². The molecule has 4 rings (SSSR count). The van der Waals surface area contributed by atoms with E-state index in [1.54, 1.807) is 6.07 Å². The standard InChI is InChI=1S/C21H25N5O3/c1-11(2)10-29-21-15(8-14(9-22-21)13(4)27)19-23-16-17(20(28)24-19)25-26-7-5-6-12(3)18(16)26/h8-9,11-12H,5-7,10H2,1-4H3,(H,23,24,28). The van der Waals surface area contributed by atoms with E-state index >= 15 is 0 Å². The second-order valence-corrected chi connectivity index (χ2v) is 8.10. The average Bonchev–Trinajstić information content (AvgIpc) is 3.06. The number of rotatable bonds is 5. The van der Waals surface area contributed by atoms with Gasteiger partial charge in [-0.05, 0) is 31.7 Å². The molecule has 152 valence electrons. The molecule has 1 N–H and O–H groups in total. The van der Waals surface area contributed by atoms with Gasteiger partial charge in [-0.2, -0.15) is 5.10 Å². The number of fused-ring (bicyclic) bond motifs is 3. The van der Waals surface area contributed by atoms with Gasteiger partial charge in [0.1, 0.15) is 11.3 Å². The third-order valence-electron chi connectivity index (χ3n) is 5.18. The van der Waals surface area contributed by atoms with Gasteiger partial charge in [0, 0.05) is 24.2 Å². The number of aromatic nitrogens is 5. The van der Waals surface area contributed by atoms with Gasteiger partial charge >= 0.3 is 0 Å². The first kappa shape index (κ1) is 19.3. The van der Waals surface area contributed by atoms with Crippen molar-refractivity contribution in [1.29, 1.82) is 0 Å². The van der Waals surface area contributed by atoms with E-state index in [1.165, 1.54) is 13.1 Å². The lowest BCUT2D eigenvalue weighted by molar-refractivity contribution is 0.101. The molecule has 0 bridgehead atoms. The lowest BCUT2D eigenvalue weighted by Crippen LogP contribution is -2.14. The highest BCUT2D eigenvalue weighted by Crippen LogP contribution is 2.33. The van der Waals surface area contributed by atoms with E-state index < -0.39 is 0 Å². The number of carbonyl (C=O) groups is 1. The highest BCUT2D eigenvalue weighted by molar-refractivity contribution is 5.95. The van der Waals surface area contributed by atoms with Gasteiger partial charge < -0.3 is 9.72 Å². The number of carbonyl (C=O) groups excluding carboxylic acids is 1. The van der Waals surface area contributed by atoms with Gasteiger partial charge in [0.05, 0.1) is 17.9 Å². The Morgan fingerprint density at radius 1 is 1.38 bits per heavy atom. The number of hydrogen-bond donors (Lipinski definition) is 1. The van der Waals surface area contributed by atoms with Gasteiger partial charge in [-0.3, -0.25) is 14.3 Å². The maximum Gasteiger partial charge on any atom is 0.279 e. The Kier molecular flexibility index (Phi) is 4.94. The van der Waals surface area contributed by atoms with Crippen LogP contribution in [0.1, 0.15) is 62.5 Å². The molecular formula is C21H25N5O3. The lowest BCUT2D eigenvalue weighted by atomic mass is 9.97. The summed E-state index contributed by atoms with van der Waals surface area (Å²) in [6.45, 7) is 8.93. The van der Waals surface area contributed by atoms with Gasteiger partial charge in [0.25, 0.3) is 5.56 Å². The number of nitrogens with zero attached hydrogens (tertiary/aromatic N) is 4. The third-order valence-corrected chi connectivity index (χ3v) is 5.18. The number of aromatic amines is 1. The molecule has 0 saturated heterocycles. The van der Waals surface area contributed by atoms with Crippen molar-refractivity contribution in [1.82, 2.24) is 24.7 Å². The monoisotopic (exact) mass is 395 g/mol. The Hall–Kier alpha value is -3.03. The highest BCUT2D eigenvalue weighted by Gasteiger charge is 2.25. The van der Waals surface area contributed by atoms with E-state index in [-0.39, 0.29) is 17.3 Å². The largest absolute Gasteiger partial charge is 0.477 e. The van der Waals surface area contributed by atoms with E-state index in [2.05, 4.69) is 22.0 Å². The van der Waals surface area contributed by atoms with E-state index in [0.717, 1.165) is 25.1 Å². The number of nitrogens with one attached hydrogen (secondary N) is 1. The molecule has 0 amide bonds. The summed E-state index contributed by atoms with van der Waals surface area (Å²) in [6.07, 6.45) is 3.56. The predicted molar refractivity (Wildman–Crippen MR) is 109 cm³/mol. The molecule has 3 aromatic rings. The fourth-order valence-corrected chi connectivity index (χ4v) is 3.68. The van der Waals surface area contributed by atoms with Crippen molar-refractivity contribution >= 4 is 16.8 Å². The number of ketones is 1. The number of ether oxygens (including phenoxy) is 1. The van der Waals surface area contributed by atoms with E-state index in [1.807, 2.05) is 18.5 Å². The van der Waals surface area contributed by atoms with Crippen LogP contribution in [0.3, 0.4) is 0 Å². The molecule has 0 aromatic carbocycles. The smallest absolute Gasteiger partial charge is 0.279 e. The van der Waals surface area contributed by atoms with Gasteiger partial charge in [-0.25, -0.2) is 9.97 Å². The molecule has 8 nitrogen and oxygen atoms in total. The summed E-state index contributed by atoms with van der Waals surface area (Å²) in [5.74, 6) is 1.14. The van der Waals surface area contributed by atoms with Crippen LogP contribution in [0.2, 0.25) is 0 Å². The van der Waals surface area contributed by atoms with Crippen LogP contribution in [0, 0.1) is 5.92 Å². The number of hydrogen-bond acceptors (Lipinski definition) is 6. The molecule has 1 atom stereocenters. The summed E-state index contributed by atoms with van der Waals surface area (Å²) >= 11 is 0.